The Morgan fingerprint density at radius 1 is 1.05 bits per heavy atom. The highest BCUT2D eigenvalue weighted by Gasteiger charge is 2.40. The molecule has 0 N–H and O–H groups in total. The summed E-state index contributed by atoms with van der Waals surface area (Å²) < 4.78 is 6.37. The van der Waals surface area contributed by atoms with Crippen molar-refractivity contribution in [1.29, 1.82) is 5.26 Å². The SMILES string of the molecule is CC(C)(C#N)c1ccccc1O[Si](C)(C)C(C)(C)C. The summed E-state index contributed by atoms with van der Waals surface area (Å²) in [6, 6.07) is 10.3. The third kappa shape index (κ3) is 3.39. The Balaban J connectivity index is 3.22. The van der Waals surface area contributed by atoms with Crippen LogP contribution in [0.1, 0.15) is 40.2 Å². The van der Waals surface area contributed by atoms with Gasteiger partial charge in [-0.1, -0.05) is 39.0 Å². The summed E-state index contributed by atoms with van der Waals surface area (Å²) in [7, 11) is -1.88. The molecule has 0 saturated heterocycles. The van der Waals surface area contributed by atoms with Crippen molar-refractivity contribution < 1.29 is 4.43 Å². The smallest absolute Gasteiger partial charge is 0.250 e. The lowest BCUT2D eigenvalue weighted by molar-refractivity contribution is 0.478. The number of rotatable bonds is 3. The Morgan fingerprint density at radius 2 is 1.58 bits per heavy atom. The summed E-state index contributed by atoms with van der Waals surface area (Å²) in [4.78, 5) is 0. The minimum absolute atomic E-state index is 0.150. The lowest BCUT2D eigenvalue weighted by Gasteiger charge is -2.37. The first kappa shape index (κ1) is 15.8. The molecule has 0 saturated carbocycles. The minimum atomic E-state index is -1.88. The predicted octanol–water partition coefficient (Wildman–Crippen LogP) is 4.87. The summed E-state index contributed by atoms with van der Waals surface area (Å²) in [5.74, 6) is 0.862. The number of hydrogen-bond donors (Lipinski definition) is 0. The number of nitrogens with zero attached hydrogens (tertiary/aromatic N) is 1. The van der Waals surface area contributed by atoms with E-state index in [1.807, 2.05) is 38.1 Å². The number of hydrogen-bond acceptors (Lipinski definition) is 2. The first-order valence-corrected chi connectivity index (χ1v) is 9.62. The molecule has 0 bridgehead atoms. The Morgan fingerprint density at radius 3 is 2.05 bits per heavy atom. The molecule has 0 aromatic heterocycles. The Labute approximate surface area is 118 Å². The van der Waals surface area contributed by atoms with Crippen LogP contribution in [0.2, 0.25) is 18.1 Å². The molecule has 1 rings (SSSR count). The van der Waals surface area contributed by atoms with E-state index in [9.17, 15) is 5.26 Å². The van der Waals surface area contributed by atoms with E-state index in [0.717, 1.165) is 11.3 Å². The molecule has 0 spiro atoms. The molecule has 1 aromatic rings. The average molecular weight is 275 g/mol. The second-order valence-electron chi connectivity index (χ2n) is 7.10. The van der Waals surface area contributed by atoms with E-state index >= 15 is 0 Å². The van der Waals surface area contributed by atoms with E-state index in [2.05, 4.69) is 39.9 Å². The van der Waals surface area contributed by atoms with Gasteiger partial charge in [0.25, 0.3) is 0 Å². The molecule has 1 aromatic carbocycles. The van der Waals surface area contributed by atoms with Gasteiger partial charge in [0, 0.05) is 5.56 Å². The highest BCUT2D eigenvalue weighted by molar-refractivity contribution is 6.74. The van der Waals surface area contributed by atoms with Gasteiger partial charge in [-0.3, -0.25) is 0 Å². The maximum Gasteiger partial charge on any atom is 0.250 e. The Bertz CT molecular complexity index is 492. The summed E-state index contributed by atoms with van der Waals surface area (Å²) in [5.41, 5.74) is 0.446. The predicted molar refractivity (Wildman–Crippen MR) is 82.9 cm³/mol. The molecule has 19 heavy (non-hydrogen) atoms. The van der Waals surface area contributed by atoms with Crippen molar-refractivity contribution in [3.05, 3.63) is 29.8 Å². The molecule has 0 amide bonds. The fourth-order valence-electron chi connectivity index (χ4n) is 1.56. The molecule has 0 aliphatic heterocycles. The summed E-state index contributed by atoms with van der Waals surface area (Å²) in [5, 5.41) is 9.49. The normalized spacial score (nSPS) is 12.9. The number of nitriles is 1. The molecule has 0 atom stereocenters. The van der Waals surface area contributed by atoms with Gasteiger partial charge in [0.1, 0.15) is 5.75 Å². The van der Waals surface area contributed by atoms with Gasteiger partial charge in [-0.05, 0) is 38.0 Å². The molecule has 2 nitrogen and oxygen atoms in total. The third-order valence-electron chi connectivity index (χ3n) is 4.01. The fraction of sp³-hybridized carbons (Fsp3) is 0.562. The van der Waals surface area contributed by atoms with E-state index < -0.39 is 13.7 Å². The maximum absolute atomic E-state index is 9.34. The molecular weight excluding hydrogens is 250 g/mol. The zero-order valence-corrected chi connectivity index (χ0v) is 14.2. The Kier molecular flexibility index (Phi) is 4.16. The van der Waals surface area contributed by atoms with Crippen molar-refractivity contribution >= 4 is 8.32 Å². The second-order valence-corrected chi connectivity index (χ2v) is 11.8. The number of benzene rings is 1. The molecule has 0 fully saturated rings. The molecule has 0 unspecified atom stereocenters. The van der Waals surface area contributed by atoms with Crippen LogP contribution in [-0.2, 0) is 5.41 Å². The van der Waals surface area contributed by atoms with Crippen LogP contribution in [0.4, 0.5) is 0 Å². The summed E-state index contributed by atoms with van der Waals surface area (Å²) in [6.45, 7) is 15.0. The highest BCUT2D eigenvalue weighted by atomic mass is 28.4. The average Bonchev–Trinajstić information content (AvgIpc) is 2.27. The fourth-order valence-corrected chi connectivity index (χ4v) is 2.59. The second kappa shape index (κ2) is 5.01. The van der Waals surface area contributed by atoms with Crippen molar-refractivity contribution in [3.63, 3.8) is 0 Å². The van der Waals surface area contributed by atoms with Crippen LogP contribution in [0.25, 0.3) is 0 Å². The largest absolute Gasteiger partial charge is 0.543 e. The van der Waals surface area contributed by atoms with Crippen LogP contribution in [0.5, 0.6) is 5.75 Å². The van der Waals surface area contributed by atoms with Crippen molar-refractivity contribution in [2.45, 2.75) is 58.2 Å². The molecule has 0 heterocycles. The molecule has 0 aliphatic rings. The van der Waals surface area contributed by atoms with Gasteiger partial charge in [0.2, 0.25) is 8.32 Å². The summed E-state index contributed by atoms with van der Waals surface area (Å²) in [6.07, 6.45) is 0. The molecule has 0 aliphatic carbocycles. The zero-order valence-electron chi connectivity index (χ0n) is 13.2. The van der Waals surface area contributed by atoms with Gasteiger partial charge in [-0.2, -0.15) is 5.26 Å². The van der Waals surface area contributed by atoms with Crippen molar-refractivity contribution in [2.75, 3.05) is 0 Å². The van der Waals surface area contributed by atoms with E-state index in [4.69, 9.17) is 4.43 Å². The first-order chi connectivity index (χ1) is 8.51. The van der Waals surface area contributed by atoms with Crippen LogP contribution >= 0.6 is 0 Å². The quantitative estimate of drug-likeness (QED) is 0.737. The van der Waals surface area contributed by atoms with Gasteiger partial charge >= 0.3 is 0 Å². The lowest BCUT2D eigenvalue weighted by Crippen LogP contribution is -2.44. The summed E-state index contributed by atoms with van der Waals surface area (Å²) >= 11 is 0. The van der Waals surface area contributed by atoms with Gasteiger partial charge in [-0.15, -0.1) is 0 Å². The molecule has 104 valence electrons. The maximum atomic E-state index is 9.34. The highest BCUT2D eigenvalue weighted by Crippen LogP contribution is 2.40. The van der Waals surface area contributed by atoms with E-state index in [1.54, 1.807) is 0 Å². The zero-order chi connectivity index (χ0) is 14.9. The third-order valence-corrected chi connectivity index (χ3v) is 8.35. The van der Waals surface area contributed by atoms with E-state index in [-0.39, 0.29) is 5.04 Å². The van der Waals surface area contributed by atoms with Crippen molar-refractivity contribution in [3.8, 4) is 11.8 Å². The van der Waals surface area contributed by atoms with Gasteiger partial charge in [0.15, 0.2) is 0 Å². The topological polar surface area (TPSA) is 33.0 Å². The Hall–Kier alpha value is -1.27. The molecule has 0 radical (unpaired) electrons. The van der Waals surface area contributed by atoms with Crippen LogP contribution < -0.4 is 4.43 Å². The van der Waals surface area contributed by atoms with Gasteiger partial charge in [0.05, 0.1) is 11.5 Å². The van der Waals surface area contributed by atoms with Crippen LogP contribution in [0.15, 0.2) is 24.3 Å². The van der Waals surface area contributed by atoms with Gasteiger partial charge in [-0.25, -0.2) is 0 Å². The number of para-hydroxylation sites is 1. The first-order valence-electron chi connectivity index (χ1n) is 6.71. The molecular formula is C16H25NOSi. The van der Waals surface area contributed by atoms with Crippen molar-refractivity contribution in [2.24, 2.45) is 0 Å². The molecule has 3 heteroatoms. The van der Waals surface area contributed by atoms with Crippen LogP contribution in [0, 0.1) is 11.3 Å². The van der Waals surface area contributed by atoms with Crippen molar-refractivity contribution in [1.82, 2.24) is 0 Å². The van der Waals surface area contributed by atoms with Crippen LogP contribution in [-0.4, -0.2) is 8.32 Å². The van der Waals surface area contributed by atoms with E-state index in [1.165, 1.54) is 0 Å². The monoisotopic (exact) mass is 275 g/mol. The minimum Gasteiger partial charge on any atom is -0.543 e. The standard InChI is InChI=1S/C16H25NOSi/c1-15(2,3)19(6,7)18-14-11-9-8-10-13(14)16(4,5)12-17/h8-11H,1-7H3. The van der Waals surface area contributed by atoms with Gasteiger partial charge < -0.3 is 4.43 Å². The lowest BCUT2D eigenvalue weighted by atomic mass is 9.86. The van der Waals surface area contributed by atoms with Crippen LogP contribution in [0.3, 0.4) is 0 Å². The van der Waals surface area contributed by atoms with E-state index in [0.29, 0.717) is 0 Å².